The number of piperidine rings is 1. The molecule has 3 aromatic rings. The molecule has 0 radical (unpaired) electrons. The minimum Gasteiger partial charge on any atom is -0.345 e. The van der Waals surface area contributed by atoms with Crippen LogP contribution < -0.4 is 4.90 Å². The van der Waals surface area contributed by atoms with Gasteiger partial charge in [0.05, 0.1) is 21.0 Å². The summed E-state index contributed by atoms with van der Waals surface area (Å²) in [6.07, 6.45) is 1.43. The molecule has 0 aliphatic carbocycles. The van der Waals surface area contributed by atoms with Gasteiger partial charge in [-0.05, 0) is 62.9 Å². The van der Waals surface area contributed by atoms with Gasteiger partial charge in [0.15, 0.2) is 5.13 Å². The first kappa shape index (κ1) is 24.2. The zero-order valence-corrected chi connectivity index (χ0v) is 22.2. The Morgan fingerprint density at radius 3 is 2.40 bits per heavy atom. The van der Waals surface area contributed by atoms with Crippen LogP contribution in [-0.4, -0.2) is 67.8 Å². The number of carbonyl (C=O) groups is 1. The second-order valence-electron chi connectivity index (χ2n) is 9.68. The average molecular weight is 513 g/mol. The molecule has 7 nitrogen and oxygen atoms in total. The molecule has 1 amide bonds. The van der Waals surface area contributed by atoms with E-state index in [1.807, 2.05) is 24.0 Å². The quantitative estimate of drug-likeness (QED) is 0.529. The van der Waals surface area contributed by atoms with Crippen LogP contribution in [0.15, 0.2) is 41.3 Å². The molecule has 2 aromatic carbocycles. The Balaban J connectivity index is 1.23. The number of aromatic nitrogens is 1. The molecule has 2 saturated heterocycles. The smallest absolute Gasteiger partial charge is 0.243 e. The SMILES string of the molecule is Cc1ccc(S(=O)(=O)N2CCCC(C(=O)N3CCN(c4nc5c(C)c(C)ccc5s4)CC3)C2)cc1. The molecular weight excluding hydrogens is 480 g/mol. The van der Waals surface area contributed by atoms with Gasteiger partial charge in [0.25, 0.3) is 0 Å². The van der Waals surface area contributed by atoms with Crippen LogP contribution in [0.4, 0.5) is 5.13 Å². The van der Waals surface area contributed by atoms with Crippen molar-refractivity contribution in [2.75, 3.05) is 44.2 Å². The van der Waals surface area contributed by atoms with Crippen molar-refractivity contribution >= 4 is 42.6 Å². The third-order valence-electron chi connectivity index (χ3n) is 7.33. The number of piperazine rings is 1. The van der Waals surface area contributed by atoms with E-state index in [0.717, 1.165) is 35.7 Å². The van der Waals surface area contributed by atoms with Gasteiger partial charge in [-0.1, -0.05) is 35.1 Å². The summed E-state index contributed by atoms with van der Waals surface area (Å²) in [7, 11) is -3.59. The highest BCUT2D eigenvalue weighted by Crippen LogP contribution is 2.33. The summed E-state index contributed by atoms with van der Waals surface area (Å²) in [6, 6.07) is 11.2. The molecule has 186 valence electrons. The number of hydrogen-bond acceptors (Lipinski definition) is 6. The molecule has 0 saturated carbocycles. The van der Waals surface area contributed by atoms with Gasteiger partial charge in [-0.25, -0.2) is 13.4 Å². The molecule has 0 bridgehead atoms. The number of benzene rings is 2. The standard InChI is InChI=1S/C26H32N4O3S2/c1-18-6-9-22(10-7-18)35(32,33)30-12-4-5-21(17-30)25(31)28-13-15-29(16-14-28)26-27-24-20(3)19(2)8-11-23(24)34-26/h6-11,21H,4-5,12-17H2,1-3H3. The first-order chi connectivity index (χ1) is 16.7. The topological polar surface area (TPSA) is 73.8 Å². The Kier molecular flexibility index (Phi) is 6.59. The number of rotatable bonds is 4. The zero-order valence-electron chi connectivity index (χ0n) is 20.5. The largest absolute Gasteiger partial charge is 0.345 e. The van der Waals surface area contributed by atoms with Crippen LogP contribution in [-0.2, 0) is 14.8 Å². The third-order valence-corrected chi connectivity index (χ3v) is 10.3. The maximum absolute atomic E-state index is 13.3. The van der Waals surface area contributed by atoms with E-state index in [4.69, 9.17) is 4.98 Å². The summed E-state index contributed by atoms with van der Waals surface area (Å²) in [5.74, 6) is -0.215. The summed E-state index contributed by atoms with van der Waals surface area (Å²) in [5.41, 5.74) is 4.56. The van der Waals surface area contributed by atoms with Crippen LogP contribution in [0.25, 0.3) is 10.2 Å². The van der Waals surface area contributed by atoms with Gasteiger partial charge < -0.3 is 9.80 Å². The molecule has 1 atom stereocenters. The molecule has 2 fully saturated rings. The summed E-state index contributed by atoms with van der Waals surface area (Å²) >= 11 is 1.70. The second-order valence-corrected chi connectivity index (χ2v) is 12.6. The Hall–Kier alpha value is -2.49. The molecule has 5 rings (SSSR count). The van der Waals surface area contributed by atoms with Gasteiger partial charge in [0.1, 0.15) is 0 Å². The van der Waals surface area contributed by atoms with Crippen molar-refractivity contribution in [2.24, 2.45) is 5.92 Å². The number of amides is 1. The zero-order chi connectivity index (χ0) is 24.7. The van der Waals surface area contributed by atoms with E-state index in [1.165, 1.54) is 20.1 Å². The van der Waals surface area contributed by atoms with Gasteiger partial charge in [-0.2, -0.15) is 4.31 Å². The number of sulfonamides is 1. The maximum atomic E-state index is 13.3. The number of thiazole rings is 1. The maximum Gasteiger partial charge on any atom is 0.243 e. The minimum absolute atomic E-state index is 0.0734. The summed E-state index contributed by atoms with van der Waals surface area (Å²) in [4.78, 5) is 22.7. The van der Waals surface area contributed by atoms with Crippen molar-refractivity contribution in [3.05, 3.63) is 53.1 Å². The molecular formula is C26H32N4O3S2. The van der Waals surface area contributed by atoms with E-state index in [1.54, 1.807) is 23.5 Å². The van der Waals surface area contributed by atoms with Gasteiger partial charge in [-0.3, -0.25) is 4.79 Å². The number of hydrogen-bond donors (Lipinski definition) is 0. The fraction of sp³-hybridized carbons (Fsp3) is 0.462. The molecule has 2 aliphatic heterocycles. The van der Waals surface area contributed by atoms with Gasteiger partial charge in [0, 0.05) is 39.3 Å². The fourth-order valence-corrected chi connectivity index (χ4v) is 7.55. The first-order valence-corrected chi connectivity index (χ1v) is 14.5. The third kappa shape index (κ3) is 4.69. The van der Waals surface area contributed by atoms with Gasteiger partial charge >= 0.3 is 0 Å². The monoisotopic (exact) mass is 512 g/mol. The van der Waals surface area contributed by atoms with Crippen molar-refractivity contribution in [3.63, 3.8) is 0 Å². The average Bonchev–Trinajstić information content (AvgIpc) is 3.31. The first-order valence-electron chi connectivity index (χ1n) is 12.2. The highest BCUT2D eigenvalue weighted by atomic mass is 32.2. The predicted molar refractivity (Wildman–Crippen MR) is 141 cm³/mol. The number of aryl methyl sites for hydroxylation is 3. The van der Waals surface area contributed by atoms with Crippen LogP contribution in [0.1, 0.15) is 29.5 Å². The molecule has 3 heterocycles. The molecule has 0 N–H and O–H groups in total. The molecule has 1 aromatic heterocycles. The highest BCUT2D eigenvalue weighted by molar-refractivity contribution is 7.89. The van der Waals surface area contributed by atoms with Crippen LogP contribution in [0, 0.1) is 26.7 Å². The molecule has 2 aliphatic rings. The van der Waals surface area contributed by atoms with E-state index < -0.39 is 10.0 Å². The summed E-state index contributed by atoms with van der Waals surface area (Å²) < 4.78 is 29.0. The Morgan fingerprint density at radius 1 is 0.971 bits per heavy atom. The molecule has 9 heteroatoms. The lowest BCUT2D eigenvalue weighted by atomic mass is 9.98. The Labute approximate surface area is 211 Å². The lowest BCUT2D eigenvalue weighted by molar-refractivity contribution is -0.137. The molecule has 1 unspecified atom stereocenters. The van der Waals surface area contributed by atoms with Crippen molar-refractivity contribution in [2.45, 2.75) is 38.5 Å². The van der Waals surface area contributed by atoms with Gasteiger partial charge in [0.2, 0.25) is 15.9 Å². The van der Waals surface area contributed by atoms with E-state index in [9.17, 15) is 13.2 Å². The Morgan fingerprint density at radius 2 is 1.69 bits per heavy atom. The molecule has 0 spiro atoms. The Bertz CT molecular complexity index is 1340. The van der Waals surface area contributed by atoms with Crippen molar-refractivity contribution in [1.82, 2.24) is 14.2 Å². The van der Waals surface area contributed by atoms with E-state index in [2.05, 4.69) is 30.9 Å². The van der Waals surface area contributed by atoms with Crippen molar-refractivity contribution in [3.8, 4) is 0 Å². The van der Waals surface area contributed by atoms with Gasteiger partial charge in [-0.15, -0.1) is 0 Å². The summed E-state index contributed by atoms with van der Waals surface area (Å²) in [5, 5.41) is 1.01. The van der Waals surface area contributed by atoms with E-state index in [0.29, 0.717) is 31.0 Å². The van der Waals surface area contributed by atoms with Crippen molar-refractivity contribution in [1.29, 1.82) is 0 Å². The van der Waals surface area contributed by atoms with Crippen LogP contribution in [0.3, 0.4) is 0 Å². The second kappa shape index (κ2) is 9.52. The number of nitrogens with zero attached hydrogens (tertiary/aromatic N) is 4. The minimum atomic E-state index is -3.59. The lowest BCUT2D eigenvalue weighted by Gasteiger charge is -2.38. The summed E-state index contributed by atoms with van der Waals surface area (Å²) in [6.45, 7) is 9.62. The number of carbonyl (C=O) groups excluding carboxylic acids is 1. The number of anilines is 1. The predicted octanol–water partition coefficient (Wildman–Crippen LogP) is 3.97. The van der Waals surface area contributed by atoms with E-state index in [-0.39, 0.29) is 18.4 Å². The van der Waals surface area contributed by atoms with Crippen LogP contribution in [0.2, 0.25) is 0 Å². The number of fused-ring (bicyclic) bond motifs is 1. The fourth-order valence-electron chi connectivity index (χ4n) is 4.95. The van der Waals surface area contributed by atoms with Crippen LogP contribution >= 0.6 is 11.3 Å². The van der Waals surface area contributed by atoms with E-state index >= 15 is 0 Å². The highest BCUT2D eigenvalue weighted by Gasteiger charge is 2.36. The normalized spacial score (nSPS) is 19.9. The molecule has 35 heavy (non-hydrogen) atoms. The van der Waals surface area contributed by atoms with Crippen LogP contribution in [0.5, 0.6) is 0 Å². The lowest BCUT2D eigenvalue weighted by Crippen LogP contribution is -2.53. The van der Waals surface area contributed by atoms with Crippen molar-refractivity contribution < 1.29 is 13.2 Å².